The molecule has 1 saturated heterocycles. The van der Waals surface area contributed by atoms with Crippen LogP contribution < -0.4 is 10.3 Å². The Kier molecular flexibility index (Phi) is 4.24. The molecule has 4 rings (SSSR count). The van der Waals surface area contributed by atoms with E-state index in [1.165, 1.54) is 0 Å². The van der Waals surface area contributed by atoms with Crippen LogP contribution in [0.1, 0.15) is 12.6 Å². The van der Waals surface area contributed by atoms with Gasteiger partial charge in [-0.3, -0.25) is 4.79 Å². The molecule has 0 radical (unpaired) electrons. The molecular formula is C21H23N3O2. The highest BCUT2D eigenvalue weighted by Gasteiger charge is 2.32. The Morgan fingerprint density at radius 2 is 2.00 bits per heavy atom. The predicted molar refractivity (Wildman–Crippen MR) is 105 cm³/mol. The molecule has 1 fully saturated rings. The first kappa shape index (κ1) is 16.8. The van der Waals surface area contributed by atoms with Crippen molar-refractivity contribution in [1.82, 2.24) is 9.97 Å². The number of hydrogen-bond donors (Lipinski definition) is 1. The lowest BCUT2D eigenvalue weighted by atomic mass is 10.1. The number of rotatable bonds is 3. The summed E-state index contributed by atoms with van der Waals surface area (Å²) < 4.78 is 5.62. The van der Waals surface area contributed by atoms with Crippen LogP contribution >= 0.6 is 0 Å². The van der Waals surface area contributed by atoms with Crippen molar-refractivity contribution in [1.29, 1.82) is 0 Å². The molecule has 2 aromatic heterocycles. The Morgan fingerprint density at radius 3 is 2.73 bits per heavy atom. The fraction of sp³-hybridized carbons (Fsp3) is 0.333. The number of ether oxygens (including phenoxy) is 1. The second-order valence-electron chi connectivity index (χ2n) is 7.12. The molecule has 1 aliphatic heterocycles. The van der Waals surface area contributed by atoms with Crippen molar-refractivity contribution in [3.63, 3.8) is 0 Å². The van der Waals surface area contributed by atoms with E-state index in [1.807, 2.05) is 31.2 Å². The first-order valence-electron chi connectivity index (χ1n) is 8.94. The van der Waals surface area contributed by atoms with Crippen molar-refractivity contribution in [2.75, 3.05) is 25.1 Å². The number of H-pyrrole nitrogens is 1. The number of benzene rings is 1. The quantitative estimate of drug-likeness (QED) is 0.788. The summed E-state index contributed by atoms with van der Waals surface area (Å²) in [7, 11) is 1.76. The Bertz CT molecular complexity index is 1010. The normalized spacial score (nSPS) is 20.0. The number of nitrogens with zero attached hydrogens (tertiary/aromatic N) is 2. The number of aryl methyl sites for hydroxylation is 1. The molecule has 0 amide bonds. The van der Waals surface area contributed by atoms with Crippen LogP contribution in [0, 0.1) is 12.8 Å². The number of methoxy groups -OCH3 is 1. The van der Waals surface area contributed by atoms with Crippen molar-refractivity contribution in [3.05, 3.63) is 58.4 Å². The van der Waals surface area contributed by atoms with Gasteiger partial charge in [0.15, 0.2) is 5.43 Å². The number of para-hydroxylation sites is 1. The lowest BCUT2D eigenvalue weighted by molar-refractivity contribution is 0.0899. The van der Waals surface area contributed by atoms with Gasteiger partial charge in [-0.25, -0.2) is 4.98 Å². The Balaban J connectivity index is 1.91. The van der Waals surface area contributed by atoms with Gasteiger partial charge in [-0.15, -0.1) is 0 Å². The standard InChI is InChI=1S/C21H23N3O2/c1-13-11-24(12-20(13)26-3)21-17(19-10-16(25)8-14(2)22-19)9-15-6-4-5-7-18(15)23-21/h4-10,13,20H,11-12H2,1-3H3,(H,22,25)/t13-,20-/m0/s1. The van der Waals surface area contributed by atoms with Gasteiger partial charge < -0.3 is 14.6 Å². The number of nitrogens with one attached hydrogen (secondary N) is 1. The van der Waals surface area contributed by atoms with Gasteiger partial charge in [0.2, 0.25) is 0 Å². The summed E-state index contributed by atoms with van der Waals surface area (Å²) in [6, 6.07) is 13.4. The molecule has 0 spiro atoms. The summed E-state index contributed by atoms with van der Waals surface area (Å²) in [5, 5.41) is 1.06. The fourth-order valence-electron chi connectivity index (χ4n) is 3.79. The van der Waals surface area contributed by atoms with Gasteiger partial charge in [0.05, 0.1) is 17.3 Å². The van der Waals surface area contributed by atoms with E-state index in [2.05, 4.69) is 22.9 Å². The average Bonchev–Trinajstić information content (AvgIpc) is 3.00. The molecule has 26 heavy (non-hydrogen) atoms. The topological polar surface area (TPSA) is 58.2 Å². The molecule has 0 unspecified atom stereocenters. The Morgan fingerprint density at radius 1 is 1.19 bits per heavy atom. The molecule has 0 saturated carbocycles. The number of aromatic amines is 1. The molecule has 3 heterocycles. The molecule has 134 valence electrons. The van der Waals surface area contributed by atoms with E-state index in [0.717, 1.165) is 46.8 Å². The van der Waals surface area contributed by atoms with Crippen molar-refractivity contribution in [3.8, 4) is 11.3 Å². The molecule has 2 atom stereocenters. The minimum Gasteiger partial charge on any atom is -0.379 e. The van der Waals surface area contributed by atoms with Gasteiger partial charge in [0, 0.05) is 54.9 Å². The lowest BCUT2D eigenvalue weighted by Gasteiger charge is -2.21. The summed E-state index contributed by atoms with van der Waals surface area (Å²) in [4.78, 5) is 22.6. The summed E-state index contributed by atoms with van der Waals surface area (Å²) in [5.41, 5.74) is 3.55. The lowest BCUT2D eigenvalue weighted by Crippen LogP contribution is -2.24. The smallest absolute Gasteiger partial charge is 0.182 e. The zero-order valence-electron chi connectivity index (χ0n) is 15.3. The number of hydrogen-bond acceptors (Lipinski definition) is 4. The van der Waals surface area contributed by atoms with E-state index in [4.69, 9.17) is 9.72 Å². The second-order valence-corrected chi connectivity index (χ2v) is 7.12. The monoisotopic (exact) mass is 349 g/mol. The maximum atomic E-state index is 12.1. The van der Waals surface area contributed by atoms with E-state index in [0.29, 0.717) is 5.92 Å². The first-order valence-corrected chi connectivity index (χ1v) is 8.94. The maximum absolute atomic E-state index is 12.1. The zero-order valence-corrected chi connectivity index (χ0v) is 15.3. The zero-order chi connectivity index (χ0) is 18.3. The average molecular weight is 349 g/mol. The van der Waals surface area contributed by atoms with Crippen LogP contribution in [0.25, 0.3) is 22.2 Å². The summed E-state index contributed by atoms with van der Waals surface area (Å²) in [6.07, 6.45) is 0.188. The summed E-state index contributed by atoms with van der Waals surface area (Å²) in [5.74, 6) is 1.33. The van der Waals surface area contributed by atoms with Crippen molar-refractivity contribution in [2.24, 2.45) is 5.92 Å². The van der Waals surface area contributed by atoms with Crippen LogP contribution in [0.3, 0.4) is 0 Å². The molecule has 1 aliphatic rings. The highest BCUT2D eigenvalue weighted by atomic mass is 16.5. The van der Waals surface area contributed by atoms with Gasteiger partial charge in [0.25, 0.3) is 0 Å². The molecule has 5 heteroatoms. The third-order valence-corrected chi connectivity index (χ3v) is 5.12. The van der Waals surface area contributed by atoms with E-state index in [1.54, 1.807) is 19.2 Å². The largest absolute Gasteiger partial charge is 0.379 e. The van der Waals surface area contributed by atoms with E-state index in [-0.39, 0.29) is 11.5 Å². The second kappa shape index (κ2) is 6.57. The molecule has 0 aliphatic carbocycles. The van der Waals surface area contributed by atoms with Crippen molar-refractivity contribution in [2.45, 2.75) is 20.0 Å². The van der Waals surface area contributed by atoms with Gasteiger partial charge in [-0.05, 0) is 19.1 Å². The van der Waals surface area contributed by atoms with Gasteiger partial charge in [0.1, 0.15) is 5.82 Å². The fourth-order valence-corrected chi connectivity index (χ4v) is 3.79. The molecule has 0 bridgehead atoms. The van der Waals surface area contributed by atoms with Crippen molar-refractivity contribution < 1.29 is 4.74 Å². The van der Waals surface area contributed by atoms with Crippen LogP contribution in [0.15, 0.2) is 47.3 Å². The van der Waals surface area contributed by atoms with Crippen LogP contribution in [0.2, 0.25) is 0 Å². The van der Waals surface area contributed by atoms with E-state index < -0.39 is 0 Å². The molecule has 3 aromatic rings. The summed E-state index contributed by atoms with van der Waals surface area (Å²) in [6.45, 7) is 5.78. The molecule has 1 N–H and O–H groups in total. The van der Waals surface area contributed by atoms with Gasteiger partial charge in [-0.2, -0.15) is 0 Å². The van der Waals surface area contributed by atoms with E-state index in [9.17, 15) is 4.79 Å². The number of fused-ring (bicyclic) bond motifs is 1. The summed E-state index contributed by atoms with van der Waals surface area (Å²) >= 11 is 0. The van der Waals surface area contributed by atoms with Gasteiger partial charge in [-0.1, -0.05) is 25.1 Å². The molecule has 5 nitrogen and oxygen atoms in total. The Hall–Kier alpha value is -2.66. The SMILES string of the molecule is CO[C@H]1CN(c2nc3ccccc3cc2-c2cc(=O)cc(C)[nH]2)C[C@@H]1C. The minimum absolute atomic E-state index is 0.0000772. The minimum atomic E-state index is -0.0000772. The highest BCUT2D eigenvalue weighted by Crippen LogP contribution is 2.34. The third kappa shape index (κ3) is 2.99. The van der Waals surface area contributed by atoms with Crippen molar-refractivity contribution >= 4 is 16.7 Å². The Labute approximate surface area is 152 Å². The van der Waals surface area contributed by atoms with Crippen LogP contribution in [-0.4, -0.2) is 36.3 Å². The third-order valence-electron chi connectivity index (χ3n) is 5.12. The number of anilines is 1. The van der Waals surface area contributed by atoms with Gasteiger partial charge >= 0.3 is 0 Å². The molecule has 1 aromatic carbocycles. The molecular weight excluding hydrogens is 326 g/mol. The first-order chi connectivity index (χ1) is 12.5. The highest BCUT2D eigenvalue weighted by molar-refractivity contribution is 5.89. The number of aromatic nitrogens is 2. The number of pyridine rings is 2. The van der Waals surface area contributed by atoms with Crippen LogP contribution in [0.5, 0.6) is 0 Å². The van der Waals surface area contributed by atoms with Crippen LogP contribution in [-0.2, 0) is 4.74 Å². The maximum Gasteiger partial charge on any atom is 0.182 e. The van der Waals surface area contributed by atoms with E-state index >= 15 is 0 Å². The predicted octanol–water partition coefficient (Wildman–Crippen LogP) is 3.37. The van der Waals surface area contributed by atoms with Crippen LogP contribution in [0.4, 0.5) is 5.82 Å².